The molecule has 11 heavy (non-hydrogen) atoms. The molecule has 64 valence electrons. The molecule has 0 amide bonds. The van der Waals surface area contributed by atoms with E-state index in [1.807, 2.05) is 0 Å². The lowest BCUT2D eigenvalue weighted by atomic mass is 10.2. The van der Waals surface area contributed by atoms with Crippen LogP contribution in [0.2, 0.25) is 0 Å². The molecule has 0 fully saturated rings. The smallest absolute Gasteiger partial charge is 0.0986 e. The molecule has 2 nitrogen and oxygen atoms in total. The molecule has 1 aliphatic rings. The fraction of sp³-hybridized carbons (Fsp3) is 0.889. The van der Waals surface area contributed by atoms with Crippen molar-refractivity contribution < 1.29 is 0 Å². The Balaban J connectivity index is 2.34. The lowest BCUT2D eigenvalue weighted by molar-refractivity contribution is 0.453. The van der Waals surface area contributed by atoms with Crippen LogP contribution in [0.1, 0.15) is 32.6 Å². The van der Waals surface area contributed by atoms with Gasteiger partial charge in [-0.1, -0.05) is 13.3 Å². The van der Waals surface area contributed by atoms with E-state index in [4.69, 9.17) is 0 Å². The topological polar surface area (TPSA) is 15.6 Å². The largest absolute Gasteiger partial charge is 0.363 e. The van der Waals surface area contributed by atoms with Gasteiger partial charge in [-0.3, -0.25) is 4.99 Å². The maximum absolute atomic E-state index is 4.49. The molecule has 0 aromatic heterocycles. The minimum Gasteiger partial charge on any atom is -0.363 e. The van der Waals surface area contributed by atoms with E-state index in [0.717, 1.165) is 6.54 Å². The van der Waals surface area contributed by atoms with Crippen LogP contribution in [0.25, 0.3) is 0 Å². The van der Waals surface area contributed by atoms with E-state index in [-0.39, 0.29) is 0 Å². The molecular weight excluding hydrogens is 136 g/mol. The number of rotatable bonds is 3. The fourth-order valence-corrected chi connectivity index (χ4v) is 1.37. The summed E-state index contributed by atoms with van der Waals surface area (Å²) in [5.41, 5.74) is 0. The first-order valence-corrected chi connectivity index (χ1v) is 4.59. The number of hydrogen-bond acceptors (Lipinski definition) is 2. The van der Waals surface area contributed by atoms with Gasteiger partial charge in [-0.25, -0.2) is 0 Å². The summed E-state index contributed by atoms with van der Waals surface area (Å²) < 4.78 is 0. The molecule has 0 N–H and O–H groups in total. The fourth-order valence-electron chi connectivity index (χ4n) is 1.37. The van der Waals surface area contributed by atoms with Crippen LogP contribution in [0, 0.1) is 0 Å². The SMILES string of the molecule is CCCCC1=NCCCN1C. The zero-order valence-corrected chi connectivity index (χ0v) is 7.64. The lowest BCUT2D eigenvalue weighted by Crippen LogP contribution is -2.31. The molecule has 1 aliphatic heterocycles. The maximum atomic E-state index is 4.49. The van der Waals surface area contributed by atoms with Gasteiger partial charge >= 0.3 is 0 Å². The Morgan fingerprint density at radius 3 is 3.00 bits per heavy atom. The molecule has 0 unspecified atom stereocenters. The van der Waals surface area contributed by atoms with Crippen LogP contribution in [0.4, 0.5) is 0 Å². The average Bonchev–Trinajstić information content (AvgIpc) is 2.03. The first-order valence-electron chi connectivity index (χ1n) is 4.59. The quantitative estimate of drug-likeness (QED) is 0.606. The second-order valence-corrected chi connectivity index (χ2v) is 3.18. The van der Waals surface area contributed by atoms with Gasteiger partial charge in [0.2, 0.25) is 0 Å². The zero-order valence-electron chi connectivity index (χ0n) is 7.64. The van der Waals surface area contributed by atoms with Crippen LogP contribution in [-0.2, 0) is 0 Å². The van der Waals surface area contributed by atoms with E-state index >= 15 is 0 Å². The van der Waals surface area contributed by atoms with Crippen molar-refractivity contribution in [2.24, 2.45) is 4.99 Å². The average molecular weight is 154 g/mol. The van der Waals surface area contributed by atoms with Crippen LogP contribution in [0.5, 0.6) is 0 Å². The highest BCUT2D eigenvalue weighted by molar-refractivity contribution is 5.82. The molecular formula is C9H18N2. The summed E-state index contributed by atoms with van der Waals surface area (Å²) in [6.07, 6.45) is 4.95. The van der Waals surface area contributed by atoms with Gasteiger partial charge in [0.1, 0.15) is 0 Å². The molecule has 0 radical (unpaired) electrons. The molecule has 0 saturated carbocycles. The van der Waals surface area contributed by atoms with Crippen molar-refractivity contribution in [2.45, 2.75) is 32.6 Å². The van der Waals surface area contributed by atoms with E-state index in [1.165, 1.54) is 38.1 Å². The van der Waals surface area contributed by atoms with E-state index in [1.54, 1.807) is 0 Å². The van der Waals surface area contributed by atoms with E-state index in [0.29, 0.717) is 0 Å². The molecule has 0 aromatic rings. The molecule has 0 saturated heterocycles. The molecule has 0 spiro atoms. The zero-order chi connectivity index (χ0) is 8.10. The van der Waals surface area contributed by atoms with Crippen molar-refractivity contribution in [3.63, 3.8) is 0 Å². The monoisotopic (exact) mass is 154 g/mol. The van der Waals surface area contributed by atoms with Gasteiger partial charge in [0, 0.05) is 26.6 Å². The van der Waals surface area contributed by atoms with Gasteiger partial charge in [0.25, 0.3) is 0 Å². The Morgan fingerprint density at radius 2 is 2.36 bits per heavy atom. The first kappa shape index (κ1) is 8.57. The number of aliphatic imine (C=N–C) groups is 1. The highest BCUT2D eigenvalue weighted by Gasteiger charge is 2.08. The number of amidine groups is 1. The van der Waals surface area contributed by atoms with Gasteiger partial charge in [-0.2, -0.15) is 0 Å². The van der Waals surface area contributed by atoms with Gasteiger partial charge in [-0.05, 0) is 12.8 Å². The van der Waals surface area contributed by atoms with E-state index in [9.17, 15) is 0 Å². The number of unbranched alkanes of at least 4 members (excludes halogenated alkanes) is 1. The standard InChI is InChI=1S/C9H18N2/c1-3-4-6-9-10-7-5-8-11(9)2/h3-8H2,1-2H3. The third-order valence-electron chi connectivity index (χ3n) is 2.14. The number of nitrogens with zero attached hydrogens (tertiary/aromatic N) is 2. The predicted molar refractivity (Wildman–Crippen MR) is 49.1 cm³/mol. The minimum absolute atomic E-state index is 1.05. The molecule has 1 rings (SSSR count). The van der Waals surface area contributed by atoms with Crippen molar-refractivity contribution in [1.82, 2.24) is 4.90 Å². The predicted octanol–water partition coefficient (Wildman–Crippen LogP) is 1.91. The summed E-state index contributed by atoms with van der Waals surface area (Å²) in [6, 6.07) is 0. The second kappa shape index (κ2) is 4.37. The maximum Gasteiger partial charge on any atom is 0.0986 e. The molecule has 1 heterocycles. The molecule has 0 atom stereocenters. The van der Waals surface area contributed by atoms with Crippen molar-refractivity contribution in [3.8, 4) is 0 Å². The van der Waals surface area contributed by atoms with Crippen LogP contribution < -0.4 is 0 Å². The van der Waals surface area contributed by atoms with Crippen LogP contribution in [0.3, 0.4) is 0 Å². The second-order valence-electron chi connectivity index (χ2n) is 3.18. The molecule has 2 heteroatoms. The van der Waals surface area contributed by atoms with E-state index < -0.39 is 0 Å². The van der Waals surface area contributed by atoms with Crippen molar-refractivity contribution in [2.75, 3.05) is 20.1 Å². The number of hydrogen-bond donors (Lipinski definition) is 0. The summed E-state index contributed by atoms with van der Waals surface area (Å²) >= 11 is 0. The van der Waals surface area contributed by atoms with Gasteiger partial charge in [-0.15, -0.1) is 0 Å². The van der Waals surface area contributed by atoms with Crippen molar-refractivity contribution in [1.29, 1.82) is 0 Å². The lowest BCUT2D eigenvalue weighted by Gasteiger charge is -2.24. The van der Waals surface area contributed by atoms with E-state index in [2.05, 4.69) is 23.9 Å². The Bertz CT molecular complexity index is 140. The van der Waals surface area contributed by atoms with Crippen molar-refractivity contribution >= 4 is 5.84 Å². The molecule has 0 aliphatic carbocycles. The Hall–Kier alpha value is -0.530. The van der Waals surface area contributed by atoms with Gasteiger partial charge < -0.3 is 4.90 Å². The van der Waals surface area contributed by atoms with Crippen LogP contribution >= 0.6 is 0 Å². The van der Waals surface area contributed by atoms with Crippen molar-refractivity contribution in [3.05, 3.63) is 0 Å². The summed E-state index contributed by atoms with van der Waals surface area (Å²) in [5.74, 6) is 1.32. The summed E-state index contributed by atoms with van der Waals surface area (Å²) in [5, 5.41) is 0. The molecule has 0 aromatic carbocycles. The third-order valence-corrected chi connectivity index (χ3v) is 2.14. The summed E-state index contributed by atoms with van der Waals surface area (Å²) in [7, 11) is 2.15. The Morgan fingerprint density at radius 1 is 1.55 bits per heavy atom. The van der Waals surface area contributed by atoms with Gasteiger partial charge in [0.05, 0.1) is 5.84 Å². The van der Waals surface area contributed by atoms with Crippen LogP contribution in [0.15, 0.2) is 4.99 Å². The highest BCUT2D eigenvalue weighted by Crippen LogP contribution is 2.06. The highest BCUT2D eigenvalue weighted by atomic mass is 15.2. The minimum atomic E-state index is 1.05. The summed E-state index contributed by atoms with van der Waals surface area (Å²) in [4.78, 5) is 6.78. The Labute approximate surface area is 69.3 Å². The van der Waals surface area contributed by atoms with Gasteiger partial charge in [0.15, 0.2) is 0 Å². The first-order chi connectivity index (χ1) is 5.34. The Kier molecular flexibility index (Phi) is 3.40. The third kappa shape index (κ3) is 2.52. The summed E-state index contributed by atoms with van der Waals surface area (Å²) in [6.45, 7) is 4.47. The van der Waals surface area contributed by atoms with Crippen LogP contribution in [-0.4, -0.2) is 30.9 Å². The molecule has 0 bridgehead atoms. The normalized spacial score (nSPS) is 18.4.